The Morgan fingerprint density at radius 1 is 1.42 bits per heavy atom. The largest absolute Gasteiger partial charge is 0.388 e. The van der Waals surface area contributed by atoms with Gasteiger partial charge in [0, 0.05) is 18.5 Å². The summed E-state index contributed by atoms with van der Waals surface area (Å²) in [5.74, 6) is 0.357. The Kier molecular flexibility index (Phi) is 3.54. The van der Waals surface area contributed by atoms with Crippen molar-refractivity contribution in [1.29, 1.82) is 0 Å². The third-order valence-corrected chi connectivity index (χ3v) is 7.41. The van der Waals surface area contributed by atoms with E-state index in [-0.39, 0.29) is 29.9 Å². The van der Waals surface area contributed by atoms with Crippen molar-refractivity contribution in [3.8, 4) is 0 Å². The van der Waals surface area contributed by atoms with Crippen molar-refractivity contribution in [3.05, 3.63) is 29.8 Å². The third-order valence-electron chi connectivity index (χ3n) is 7.41. The van der Waals surface area contributed by atoms with Crippen molar-refractivity contribution in [3.63, 3.8) is 0 Å². The highest BCUT2D eigenvalue weighted by molar-refractivity contribution is 6.07. The molecule has 4 heterocycles. The number of fused-ring (bicyclic) bond motifs is 2. The van der Waals surface area contributed by atoms with E-state index in [2.05, 4.69) is 5.32 Å². The van der Waals surface area contributed by atoms with E-state index in [1.165, 1.54) is 12.2 Å². The van der Waals surface area contributed by atoms with Crippen LogP contribution in [0.2, 0.25) is 0 Å². The number of β-amino-alcohol motifs (C(OH)–C–C–N with tert-alkyl or cyclic N) is 1. The summed E-state index contributed by atoms with van der Waals surface area (Å²) in [6.07, 6.45) is 1.88. The number of aliphatic hydroxyl groups is 1. The summed E-state index contributed by atoms with van der Waals surface area (Å²) in [6.45, 7) is 3.22. The topological polar surface area (TPSA) is 71.0 Å². The van der Waals surface area contributed by atoms with Crippen LogP contribution in [0.15, 0.2) is 24.3 Å². The van der Waals surface area contributed by atoms with Crippen LogP contribution >= 0.6 is 0 Å². The number of para-hydroxylation sites is 1. The molecule has 1 aromatic carbocycles. The number of hydroxylamine groups is 1. The van der Waals surface area contributed by atoms with Crippen molar-refractivity contribution in [2.24, 2.45) is 11.8 Å². The van der Waals surface area contributed by atoms with Gasteiger partial charge in [-0.3, -0.25) is 9.63 Å². The molecule has 6 nitrogen and oxygen atoms in total. The number of amides is 1. The number of nitrogens with one attached hydrogen (secondary N) is 1. The van der Waals surface area contributed by atoms with Gasteiger partial charge in [0.15, 0.2) is 0 Å². The monoisotopic (exact) mass is 358 g/mol. The van der Waals surface area contributed by atoms with E-state index < -0.39 is 11.0 Å². The minimum Gasteiger partial charge on any atom is -0.388 e. The zero-order valence-corrected chi connectivity index (χ0v) is 15.3. The summed E-state index contributed by atoms with van der Waals surface area (Å²) in [5.41, 5.74) is 0.338. The van der Waals surface area contributed by atoms with Gasteiger partial charge in [-0.1, -0.05) is 25.1 Å². The number of carbonyl (C=O) groups excluding carboxylic acids is 1. The summed E-state index contributed by atoms with van der Waals surface area (Å²) in [4.78, 5) is 19.0. The van der Waals surface area contributed by atoms with Crippen LogP contribution in [0.25, 0.3) is 0 Å². The maximum Gasteiger partial charge on any atom is 0.264 e. The van der Waals surface area contributed by atoms with Gasteiger partial charge in [-0.15, -0.1) is 0 Å². The number of ether oxygens (including phenoxy) is 1. The Labute approximate surface area is 153 Å². The van der Waals surface area contributed by atoms with Crippen LogP contribution in [0.4, 0.5) is 5.69 Å². The average Bonchev–Trinajstić information content (AvgIpc) is 2.77. The molecular weight excluding hydrogens is 332 g/mol. The lowest BCUT2D eigenvalue weighted by atomic mass is 9.68. The molecule has 4 bridgehead atoms. The lowest BCUT2D eigenvalue weighted by Crippen LogP contribution is -2.62. The number of hydrogen-bond donors (Lipinski definition) is 2. The molecule has 26 heavy (non-hydrogen) atoms. The molecule has 6 rings (SSSR count). The highest BCUT2D eigenvalue weighted by Gasteiger charge is 2.65. The van der Waals surface area contributed by atoms with E-state index in [1.54, 1.807) is 0 Å². The van der Waals surface area contributed by atoms with Crippen LogP contribution in [0.5, 0.6) is 0 Å². The average molecular weight is 358 g/mol. The number of piperidine rings is 1. The first kappa shape index (κ1) is 16.7. The summed E-state index contributed by atoms with van der Waals surface area (Å²) in [6, 6.07) is 8.04. The van der Waals surface area contributed by atoms with Crippen LogP contribution in [0.3, 0.4) is 0 Å². The van der Waals surface area contributed by atoms with Crippen molar-refractivity contribution >= 4 is 11.6 Å². The summed E-state index contributed by atoms with van der Waals surface area (Å²) >= 11 is 0. The predicted octanol–water partition coefficient (Wildman–Crippen LogP) is 1.37. The Bertz CT molecular complexity index is 755. The molecule has 6 atom stereocenters. The molecule has 0 aromatic heterocycles. The van der Waals surface area contributed by atoms with E-state index in [1.807, 2.05) is 31.2 Å². The molecule has 2 N–H and O–H groups in total. The Balaban J connectivity index is 1.66. The van der Waals surface area contributed by atoms with Gasteiger partial charge in [0.1, 0.15) is 5.41 Å². The maximum absolute atomic E-state index is 13.6. The van der Waals surface area contributed by atoms with E-state index in [0.29, 0.717) is 32.4 Å². The SMILES string of the molecule is CCC1(O)CNC2CC3(C(=O)N(OC)c4ccccc43)C3CC1C2CO3. The number of anilines is 1. The van der Waals surface area contributed by atoms with Gasteiger partial charge in [0.25, 0.3) is 5.91 Å². The number of hydrogen-bond acceptors (Lipinski definition) is 5. The fourth-order valence-corrected chi connectivity index (χ4v) is 5.98. The molecule has 1 aromatic rings. The van der Waals surface area contributed by atoms with E-state index >= 15 is 0 Å². The highest BCUT2D eigenvalue weighted by atomic mass is 16.7. The van der Waals surface area contributed by atoms with Gasteiger partial charge >= 0.3 is 0 Å². The molecule has 1 saturated carbocycles. The van der Waals surface area contributed by atoms with Gasteiger partial charge in [-0.25, -0.2) is 0 Å². The second-order valence-electron chi connectivity index (χ2n) is 8.25. The van der Waals surface area contributed by atoms with Gasteiger partial charge in [-0.05, 0) is 36.8 Å². The van der Waals surface area contributed by atoms with Gasteiger partial charge < -0.3 is 15.2 Å². The number of benzene rings is 1. The molecule has 1 amide bonds. The van der Waals surface area contributed by atoms with Crippen LogP contribution in [0.1, 0.15) is 31.7 Å². The molecule has 4 aliphatic heterocycles. The highest BCUT2D eigenvalue weighted by Crippen LogP contribution is 2.56. The van der Waals surface area contributed by atoms with E-state index in [9.17, 15) is 9.90 Å². The molecule has 0 radical (unpaired) electrons. The Morgan fingerprint density at radius 2 is 2.23 bits per heavy atom. The molecule has 1 aliphatic carbocycles. The van der Waals surface area contributed by atoms with Gasteiger partial charge in [0.05, 0.1) is 31.1 Å². The maximum atomic E-state index is 13.6. The van der Waals surface area contributed by atoms with Gasteiger partial charge in [0.2, 0.25) is 0 Å². The molecule has 6 unspecified atom stereocenters. The van der Waals surface area contributed by atoms with Gasteiger partial charge in [-0.2, -0.15) is 5.06 Å². The second-order valence-corrected chi connectivity index (χ2v) is 8.25. The van der Waals surface area contributed by atoms with Crippen LogP contribution in [-0.2, 0) is 19.8 Å². The molecular formula is C20H26N2O4. The lowest BCUT2D eigenvalue weighted by Gasteiger charge is -2.50. The third kappa shape index (κ3) is 1.88. The molecule has 6 heteroatoms. The van der Waals surface area contributed by atoms with Crippen molar-refractivity contribution in [2.75, 3.05) is 25.3 Å². The Hall–Kier alpha value is -1.47. The minimum atomic E-state index is -0.743. The zero-order chi connectivity index (χ0) is 18.1. The predicted molar refractivity (Wildman–Crippen MR) is 95.6 cm³/mol. The van der Waals surface area contributed by atoms with E-state index in [0.717, 1.165) is 11.3 Å². The molecule has 4 fully saturated rings. The Morgan fingerprint density at radius 3 is 3.00 bits per heavy atom. The lowest BCUT2D eigenvalue weighted by molar-refractivity contribution is -0.154. The number of rotatable bonds is 2. The summed E-state index contributed by atoms with van der Waals surface area (Å²) in [7, 11) is 1.54. The molecule has 1 spiro atoms. The smallest absolute Gasteiger partial charge is 0.264 e. The number of carbonyl (C=O) groups is 1. The second kappa shape index (κ2) is 5.52. The fourth-order valence-electron chi connectivity index (χ4n) is 5.98. The van der Waals surface area contributed by atoms with Crippen molar-refractivity contribution in [1.82, 2.24) is 5.32 Å². The first-order valence-corrected chi connectivity index (χ1v) is 9.60. The minimum absolute atomic E-state index is 0.0405. The quantitative estimate of drug-likeness (QED) is 0.836. The number of nitrogens with zero attached hydrogens (tertiary/aromatic N) is 1. The normalized spacial score (nSPS) is 43.7. The van der Waals surface area contributed by atoms with E-state index in [4.69, 9.17) is 9.57 Å². The summed E-state index contributed by atoms with van der Waals surface area (Å²) in [5, 5.41) is 16.2. The van der Waals surface area contributed by atoms with Crippen LogP contribution < -0.4 is 10.4 Å². The summed E-state index contributed by atoms with van der Waals surface area (Å²) < 4.78 is 6.28. The van der Waals surface area contributed by atoms with Crippen molar-refractivity contribution in [2.45, 2.75) is 49.3 Å². The van der Waals surface area contributed by atoms with Crippen molar-refractivity contribution < 1.29 is 19.5 Å². The first-order valence-electron chi connectivity index (χ1n) is 9.60. The molecule has 3 saturated heterocycles. The zero-order valence-electron chi connectivity index (χ0n) is 15.3. The first-order chi connectivity index (χ1) is 12.5. The molecule has 5 aliphatic rings. The standard InChI is InChI=1S/C20H26N2O4/c1-3-19(24)11-21-15-9-20(17-8-14(19)12(15)10-26-17)13-6-4-5-7-16(13)22(25-2)18(20)23/h4-7,12,14-15,17,21,24H,3,8-11H2,1-2H3. The fraction of sp³-hybridized carbons (Fsp3) is 0.650. The molecule has 140 valence electrons. The van der Waals surface area contributed by atoms with Crippen LogP contribution in [-0.4, -0.2) is 49.0 Å². The van der Waals surface area contributed by atoms with Crippen LogP contribution in [0, 0.1) is 11.8 Å².